The number of methoxy groups -OCH3 is 1. The Labute approximate surface area is 149 Å². The van der Waals surface area contributed by atoms with Gasteiger partial charge in [-0.3, -0.25) is 9.59 Å². The van der Waals surface area contributed by atoms with Crippen LogP contribution in [-0.4, -0.2) is 24.6 Å². The van der Waals surface area contributed by atoms with Gasteiger partial charge in [0.1, 0.15) is 5.75 Å². The molecular formula is C19H27N3O3. The maximum Gasteiger partial charge on any atom is 0.243 e. The summed E-state index contributed by atoms with van der Waals surface area (Å²) >= 11 is 0. The van der Waals surface area contributed by atoms with E-state index in [4.69, 9.17) is 4.74 Å². The second kappa shape index (κ2) is 9.81. The van der Waals surface area contributed by atoms with Gasteiger partial charge in [-0.2, -0.15) is 5.10 Å². The van der Waals surface area contributed by atoms with Gasteiger partial charge in [0.15, 0.2) is 0 Å². The summed E-state index contributed by atoms with van der Waals surface area (Å²) in [6.07, 6.45) is 5.45. The number of carbonyl (C=O) groups excluding carboxylic acids is 2. The van der Waals surface area contributed by atoms with E-state index in [1.165, 1.54) is 6.42 Å². The van der Waals surface area contributed by atoms with Crippen molar-refractivity contribution in [1.29, 1.82) is 0 Å². The number of ether oxygens (including phenoxy) is 1. The van der Waals surface area contributed by atoms with Crippen LogP contribution in [0.2, 0.25) is 0 Å². The lowest BCUT2D eigenvalue weighted by Crippen LogP contribution is -2.30. The van der Waals surface area contributed by atoms with Gasteiger partial charge < -0.3 is 10.1 Å². The highest BCUT2D eigenvalue weighted by Crippen LogP contribution is 2.23. The van der Waals surface area contributed by atoms with Crippen molar-refractivity contribution in [3.05, 3.63) is 29.8 Å². The molecule has 0 spiro atoms. The van der Waals surface area contributed by atoms with E-state index in [2.05, 4.69) is 15.8 Å². The summed E-state index contributed by atoms with van der Waals surface area (Å²) in [4.78, 5) is 24.0. The smallest absolute Gasteiger partial charge is 0.243 e. The Hall–Kier alpha value is -2.37. The minimum atomic E-state index is -0.121. The number of nitrogens with zero attached hydrogens (tertiary/aromatic N) is 1. The minimum absolute atomic E-state index is 0.0299. The zero-order chi connectivity index (χ0) is 18.1. The van der Waals surface area contributed by atoms with Crippen LogP contribution in [0.25, 0.3) is 0 Å². The van der Waals surface area contributed by atoms with Crippen LogP contribution in [0.3, 0.4) is 0 Å². The first-order chi connectivity index (χ1) is 12.1. The molecule has 0 atom stereocenters. The van der Waals surface area contributed by atoms with E-state index in [1.807, 2.05) is 24.3 Å². The van der Waals surface area contributed by atoms with Crippen LogP contribution in [0.4, 0.5) is 0 Å². The van der Waals surface area contributed by atoms with Crippen molar-refractivity contribution in [2.45, 2.75) is 52.0 Å². The molecular weight excluding hydrogens is 318 g/mol. The summed E-state index contributed by atoms with van der Waals surface area (Å²) in [6, 6.07) is 7.53. The van der Waals surface area contributed by atoms with Gasteiger partial charge in [-0.1, -0.05) is 31.4 Å². The number of carbonyl (C=O) groups is 2. The predicted molar refractivity (Wildman–Crippen MR) is 97.3 cm³/mol. The van der Waals surface area contributed by atoms with Crippen LogP contribution in [0.1, 0.15) is 51.0 Å². The lowest BCUT2D eigenvalue weighted by Gasteiger charge is -2.19. The van der Waals surface area contributed by atoms with Crippen LogP contribution in [0.15, 0.2) is 29.4 Å². The molecule has 0 unspecified atom stereocenters. The van der Waals surface area contributed by atoms with E-state index < -0.39 is 0 Å². The Kier molecular flexibility index (Phi) is 7.44. The number of rotatable bonds is 7. The molecule has 0 aromatic heterocycles. The zero-order valence-corrected chi connectivity index (χ0v) is 15.0. The van der Waals surface area contributed by atoms with E-state index in [-0.39, 0.29) is 24.2 Å². The summed E-state index contributed by atoms with van der Waals surface area (Å²) in [6.45, 7) is 2.19. The van der Waals surface area contributed by atoms with Crippen LogP contribution >= 0.6 is 0 Å². The number of hydrogen-bond acceptors (Lipinski definition) is 4. The molecule has 1 aromatic rings. The van der Waals surface area contributed by atoms with E-state index in [0.717, 1.165) is 37.0 Å². The molecule has 0 bridgehead atoms. The zero-order valence-electron chi connectivity index (χ0n) is 15.0. The van der Waals surface area contributed by atoms with Crippen LogP contribution in [-0.2, 0) is 16.1 Å². The molecule has 2 rings (SSSR count). The molecule has 136 valence electrons. The van der Waals surface area contributed by atoms with Gasteiger partial charge in [0.25, 0.3) is 0 Å². The van der Waals surface area contributed by atoms with Crippen molar-refractivity contribution in [2.24, 2.45) is 11.0 Å². The second-order valence-corrected chi connectivity index (χ2v) is 6.46. The van der Waals surface area contributed by atoms with Crippen molar-refractivity contribution >= 4 is 17.5 Å². The maximum atomic E-state index is 12.0. The molecule has 1 fully saturated rings. The third-order valence-electron chi connectivity index (χ3n) is 4.40. The fourth-order valence-electron chi connectivity index (χ4n) is 2.89. The lowest BCUT2D eigenvalue weighted by atomic mass is 9.89. The average molecular weight is 345 g/mol. The van der Waals surface area contributed by atoms with Gasteiger partial charge in [-0.25, -0.2) is 5.43 Å². The Morgan fingerprint density at radius 1 is 1.16 bits per heavy atom. The molecule has 2 amide bonds. The second-order valence-electron chi connectivity index (χ2n) is 6.46. The molecule has 0 radical (unpaired) electrons. The van der Waals surface area contributed by atoms with Crippen molar-refractivity contribution in [1.82, 2.24) is 10.7 Å². The standard InChI is InChI=1S/C19H27N3O3/c1-14(21-22-19(24)16-6-4-3-5-7-16)12-18(23)20-13-15-8-10-17(25-2)11-9-15/h8-11,16H,3-7,12-13H2,1-2H3,(H,20,23)(H,22,24)/b21-14+. The van der Waals surface area contributed by atoms with Gasteiger partial charge >= 0.3 is 0 Å². The Morgan fingerprint density at radius 3 is 2.48 bits per heavy atom. The summed E-state index contributed by atoms with van der Waals surface area (Å²) < 4.78 is 5.10. The average Bonchev–Trinajstić information content (AvgIpc) is 2.65. The van der Waals surface area contributed by atoms with E-state index in [1.54, 1.807) is 14.0 Å². The monoisotopic (exact) mass is 345 g/mol. The van der Waals surface area contributed by atoms with Crippen LogP contribution in [0, 0.1) is 5.92 Å². The number of hydrogen-bond donors (Lipinski definition) is 2. The van der Waals surface area contributed by atoms with Crippen molar-refractivity contribution in [3.63, 3.8) is 0 Å². The fourth-order valence-corrected chi connectivity index (χ4v) is 2.89. The van der Waals surface area contributed by atoms with Crippen LogP contribution < -0.4 is 15.5 Å². The molecule has 1 aromatic carbocycles. The first kappa shape index (κ1) is 19.0. The highest BCUT2D eigenvalue weighted by Gasteiger charge is 2.20. The molecule has 0 aliphatic heterocycles. The third kappa shape index (κ3) is 6.57. The molecule has 0 heterocycles. The number of benzene rings is 1. The summed E-state index contributed by atoms with van der Waals surface area (Å²) in [7, 11) is 1.62. The number of nitrogens with one attached hydrogen (secondary N) is 2. The summed E-state index contributed by atoms with van der Waals surface area (Å²) in [5, 5.41) is 6.90. The highest BCUT2D eigenvalue weighted by atomic mass is 16.5. The van der Waals surface area contributed by atoms with Crippen molar-refractivity contribution in [2.75, 3.05) is 7.11 Å². The van der Waals surface area contributed by atoms with Gasteiger partial charge in [0.2, 0.25) is 11.8 Å². The molecule has 6 nitrogen and oxygen atoms in total. The van der Waals surface area contributed by atoms with Crippen LogP contribution in [0.5, 0.6) is 5.75 Å². The van der Waals surface area contributed by atoms with E-state index in [9.17, 15) is 9.59 Å². The molecule has 6 heteroatoms. The summed E-state index contributed by atoms with van der Waals surface area (Å²) in [5.41, 5.74) is 4.19. The molecule has 1 aliphatic rings. The van der Waals surface area contributed by atoms with Gasteiger partial charge in [-0.15, -0.1) is 0 Å². The quantitative estimate of drug-likeness (QED) is 0.589. The highest BCUT2D eigenvalue weighted by molar-refractivity contribution is 6.00. The van der Waals surface area contributed by atoms with Crippen molar-refractivity contribution < 1.29 is 14.3 Å². The molecule has 2 N–H and O–H groups in total. The summed E-state index contributed by atoms with van der Waals surface area (Å²) in [5.74, 6) is 0.697. The minimum Gasteiger partial charge on any atom is -0.497 e. The van der Waals surface area contributed by atoms with Gasteiger partial charge in [0.05, 0.1) is 13.5 Å². The molecule has 1 saturated carbocycles. The molecule has 0 saturated heterocycles. The Balaban J connectivity index is 1.71. The van der Waals surface area contributed by atoms with E-state index >= 15 is 0 Å². The first-order valence-corrected chi connectivity index (χ1v) is 8.81. The Morgan fingerprint density at radius 2 is 1.84 bits per heavy atom. The Bertz CT molecular complexity index is 605. The van der Waals surface area contributed by atoms with Gasteiger partial charge in [-0.05, 0) is 37.5 Å². The molecule has 1 aliphatic carbocycles. The fraction of sp³-hybridized carbons (Fsp3) is 0.526. The van der Waals surface area contributed by atoms with Gasteiger partial charge in [0, 0.05) is 18.2 Å². The van der Waals surface area contributed by atoms with E-state index in [0.29, 0.717) is 12.3 Å². The van der Waals surface area contributed by atoms with Crippen molar-refractivity contribution in [3.8, 4) is 5.75 Å². The first-order valence-electron chi connectivity index (χ1n) is 8.81. The topological polar surface area (TPSA) is 79.8 Å². The SMILES string of the molecule is COc1ccc(CNC(=O)C/C(C)=N/NC(=O)C2CCCCC2)cc1. The molecule has 25 heavy (non-hydrogen) atoms. The largest absolute Gasteiger partial charge is 0.497 e. The number of amides is 2. The predicted octanol–water partition coefficient (Wildman–Crippen LogP) is 2.77. The lowest BCUT2D eigenvalue weighted by molar-refractivity contribution is -0.126. The number of hydrazone groups is 1. The maximum absolute atomic E-state index is 12.0. The third-order valence-corrected chi connectivity index (χ3v) is 4.40. The normalized spacial score (nSPS) is 15.5.